The molecule has 4 nitrogen and oxygen atoms in total. The van der Waals surface area contributed by atoms with E-state index >= 15 is 0 Å². The van der Waals surface area contributed by atoms with Crippen LogP contribution in [0.5, 0.6) is 0 Å². The molecular formula is C9H26O4-2. The van der Waals surface area contributed by atoms with Crippen molar-refractivity contribution in [3.8, 4) is 0 Å². The van der Waals surface area contributed by atoms with Crippen molar-refractivity contribution < 1.29 is 19.7 Å². The lowest BCUT2D eigenvalue weighted by atomic mass is 10.5. The molecule has 0 unspecified atom stereocenters. The summed E-state index contributed by atoms with van der Waals surface area (Å²) in [5, 5.41) is 15.1. The number of rotatable bonds is 1. The summed E-state index contributed by atoms with van der Waals surface area (Å²) in [4.78, 5) is 8.95. The van der Waals surface area contributed by atoms with Crippen LogP contribution in [0, 0.1) is 14.9 Å². The van der Waals surface area contributed by atoms with E-state index in [-0.39, 0.29) is 28.4 Å². The fourth-order valence-electron chi connectivity index (χ4n) is 0. The number of hydrogen-bond donors (Lipinski definition) is 2. The van der Waals surface area contributed by atoms with Gasteiger partial charge in [0.15, 0.2) is 0 Å². The van der Waals surface area contributed by atoms with Crippen molar-refractivity contribution in [2.75, 3.05) is 14.2 Å². The van der Waals surface area contributed by atoms with Crippen LogP contribution in [0.3, 0.4) is 0 Å². The van der Waals surface area contributed by atoms with E-state index in [9.17, 15) is 0 Å². The molecule has 0 aromatic heterocycles. The zero-order chi connectivity index (χ0) is 8.99. The van der Waals surface area contributed by atoms with Crippen molar-refractivity contribution >= 4 is 6.47 Å². The summed E-state index contributed by atoms with van der Waals surface area (Å²) in [6.07, 6.45) is -0.167. The first-order chi connectivity index (χ1) is 4.65. The lowest BCUT2D eigenvalue weighted by Crippen LogP contribution is -1.85. The predicted molar refractivity (Wildman–Crippen MR) is 58.1 cm³/mol. The Morgan fingerprint density at radius 1 is 1.23 bits per heavy atom. The Morgan fingerprint density at radius 2 is 1.31 bits per heavy atom. The molecule has 0 saturated heterocycles. The first-order valence-corrected chi connectivity index (χ1v) is 2.74. The predicted octanol–water partition coefficient (Wildman–Crippen LogP) is 1.32. The molecule has 0 radical (unpaired) electrons. The molecule has 0 heterocycles. The van der Waals surface area contributed by atoms with Crippen LogP contribution in [0.2, 0.25) is 0 Å². The van der Waals surface area contributed by atoms with E-state index in [1.165, 1.54) is 7.11 Å². The zero-order valence-corrected chi connectivity index (χ0v) is 8.87. The highest BCUT2D eigenvalue weighted by Gasteiger charge is 1.69. The minimum Gasteiger partial charge on any atom is -0.471 e. The van der Waals surface area contributed by atoms with Gasteiger partial charge < -0.3 is 29.8 Å². The van der Waals surface area contributed by atoms with Crippen LogP contribution in [0.4, 0.5) is 0 Å². The van der Waals surface area contributed by atoms with Crippen molar-refractivity contribution in [3.05, 3.63) is 14.9 Å². The number of carbonyl (C=O) groups excluding carboxylic acids is 1. The normalized spacial score (nSPS) is 4.85. The molecule has 0 aliphatic heterocycles. The molecule has 0 aliphatic carbocycles. The lowest BCUT2D eigenvalue weighted by molar-refractivity contribution is -0.126. The summed E-state index contributed by atoms with van der Waals surface area (Å²) in [6.45, 7) is 3.82. The minimum absolute atomic E-state index is 0. The Balaban J connectivity index is -0.0000000133. The van der Waals surface area contributed by atoms with Gasteiger partial charge >= 0.3 is 0 Å². The van der Waals surface area contributed by atoms with Gasteiger partial charge in [0, 0.05) is 13.2 Å². The molecule has 88 valence electrons. The van der Waals surface area contributed by atoms with Crippen molar-refractivity contribution in [3.63, 3.8) is 0 Å². The number of carbonyl (C=O) groups is 1. The Labute approximate surface area is 83.6 Å². The van der Waals surface area contributed by atoms with Crippen LogP contribution in [0.1, 0.15) is 21.3 Å². The molecule has 4 heteroatoms. The van der Waals surface area contributed by atoms with Crippen LogP contribution in [0.25, 0.3) is 0 Å². The summed E-state index contributed by atoms with van der Waals surface area (Å²) >= 11 is 0. The monoisotopic (exact) mass is 198 g/mol. The van der Waals surface area contributed by atoms with Crippen LogP contribution < -0.4 is 0 Å². The van der Waals surface area contributed by atoms with Gasteiger partial charge in [-0.3, -0.25) is 4.79 Å². The second-order valence-corrected chi connectivity index (χ2v) is 1.43. The van der Waals surface area contributed by atoms with Crippen LogP contribution in [0.15, 0.2) is 0 Å². The molecule has 13 heavy (non-hydrogen) atoms. The number of ether oxygens (including phenoxy) is 1. The van der Waals surface area contributed by atoms with Crippen LogP contribution in [-0.4, -0.2) is 37.0 Å². The van der Waals surface area contributed by atoms with Gasteiger partial charge in [-0.15, -0.1) is 0 Å². The standard InChI is InChI=1S/C3H8O.C2H4O2.CH4O.CH4.2CH3/c1-3(2)4;1-4-2-3;1-2;;;/h3-4H,1-2H3;2H,1H3;2H,1H3;1H4;2*1H3/q;;;;2*-1. The fourth-order valence-corrected chi connectivity index (χ4v) is 0. The van der Waals surface area contributed by atoms with Gasteiger partial charge in [0.2, 0.25) is 0 Å². The number of hydrogen-bond acceptors (Lipinski definition) is 4. The van der Waals surface area contributed by atoms with E-state index in [1.807, 2.05) is 0 Å². The Bertz CT molecular complexity index is 44.1. The van der Waals surface area contributed by atoms with Crippen molar-refractivity contribution in [2.24, 2.45) is 0 Å². The third-order valence-corrected chi connectivity index (χ3v) is 0.0962. The van der Waals surface area contributed by atoms with Crippen LogP contribution >= 0.6 is 0 Å². The minimum atomic E-state index is -0.167. The van der Waals surface area contributed by atoms with Gasteiger partial charge in [-0.1, -0.05) is 7.43 Å². The van der Waals surface area contributed by atoms with Gasteiger partial charge in [-0.25, -0.2) is 0 Å². The molecule has 0 rings (SSSR count). The molecule has 0 aromatic rings. The number of aliphatic hydroxyl groups excluding tert-OH is 2. The summed E-state index contributed by atoms with van der Waals surface area (Å²) in [6, 6.07) is 0. The van der Waals surface area contributed by atoms with E-state index < -0.39 is 0 Å². The maximum Gasteiger partial charge on any atom is 0.292 e. The summed E-state index contributed by atoms with van der Waals surface area (Å²) in [7, 11) is 2.31. The van der Waals surface area contributed by atoms with Gasteiger partial charge in [0.25, 0.3) is 6.47 Å². The molecule has 0 amide bonds. The second-order valence-electron chi connectivity index (χ2n) is 1.43. The SMILES string of the molecule is C.CC(C)O.CO.COC=O.[CH3-].[CH3-]. The van der Waals surface area contributed by atoms with Crippen LogP contribution in [-0.2, 0) is 9.53 Å². The third kappa shape index (κ3) is 6600. The van der Waals surface area contributed by atoms with E-state index in [1.54, 1.807) is 13.8 Å². The Hall–Kier alpha value is -0.610. The van der Waals surface area contributed by atoms with E-state index in [4.69, 9.17) is 15.0 Å². The molecule has 0 aromatic carbocycles. The second kappa shape index (κ2) is 63.8. The summed E-state index contributed by atoms with van der Waals surface area (Å²) in [5.41, 5.74) is 0. The molecule has 0 fully saturated rings. The highest BCUT2D eigenvalue weighted by Crippen LogP contribution is 1.65. The molecule has 2 N–H and O–H groups in total. The largest absolute Gasteiger partial charge is 0.471 e. The van der Waals surface area contributed by atoms with Crippen molar-refractivity contribution in [2.45, 2.75) is 27.4 Å². The third-order valence-electron chi connectivity index (χ3n) is 0.0962. The summed E-state index contributed by atoms with van der Waals surface area (Å²) < 4.78 is 3.86. The molecule has 0 bridgehead atoms. The van der Waals surface area contributed by atoms with E-state index in [0.29, 0.717) is 6.47 Å². The average Bonchev–Trinajstić information content (AvgIpc) is 1.91. The van der Waals surface area contributed by atoms with E-state index in [2.05, 4.69) is 4.74 Å². The fraction of sp³-hybridized carbons (Fsp3) is 0.667. The zero-order valence-electron chi connectivity index (χ0n) is 8.87. The highest BCUT2D eigenvalue weighted by molar-refractivity contribution is 5.36. The maximum atomic E-state index is 8.95. The molecular weight excluding hydrogens is 172 g/mol. The van der Waals surface area contributed by atoms with Crippen molar-refractivity contribution in [1.82, 2.24) is 0 Å². The lowest BCUT2D eigenvalue weighted by Gasteiger charge is -1.80. The van der Waals surface area contributed by atoms with Gasteiger partial charge in [0.1, 0.15) is 0 Å². The smallest absolute Gasteiger partial charge is 0.292 e. The first kappa shape index (κ1) is 39.4. The Morgan fingerprint density at radius 3 is 1.31 bits per heavy atom. The quantitative estimate of drug-likeness (QED) is 0.492. The van der Waals surface area contributed by atoms with E-state index in [0.717, 1.165) is 7.11 Å². The van der Waals surface area contributed by atoms with Gasteiger partial charge in [-0.05, 0) is 13.8 Å². The first-order valence-electron chi connectivity index (χ1n) is 2.74. The number of aliphatic hydroxyl groups is 2. The number of methoxy groups -OCH3 is 1. The molecule has 0 saturated carbocycles. The van der Waals surface area contributed by atoms with Gasteiger partial charge in [0.05, 0.1) is 7.11 Å². The average molecular weight is 198 g/mol. The van der Waals surface area contributed by atoms with Crippen molar-refractivity contribution in [1.29, 1.82) is 0 Å². The molecule has 0 aliphatic rings. The Kier molecular flexibility index (Phi) is 193. The molecule has 0 spiro atoms. The molecule has 0 atom stereocenters. The topological polar surface area (TPSA) is 66.8 Å². The summed E-state index contributed by atoms with van der Waals surface area (Å²) in [5.74, 6) is 0. The van der Waals surface area contributed by atoms with Gasteiger partial charge in [-0.2, -0.15) is 0 Å². The highest BCUT2D eigenvalue weighted by atomic mass is 16.5. The maximum absolute atomic E-state index is 8.95.